The van der Waals surface area contributed by atoms with Crippen molar-refractivity contribution < 1.29 is 9.72 Å². The summed E-state index contributed by atoms with van der Waals surface area (Å²) in [5, 5.41) is 10.6. The zero-order valence-electron chi connectivity index (χ0n) is 8.76. The quantitative estimate of drug-likeness (QED) is 0.575. The molecular formula is C11H12N2O3. The number of nitro benzene ring substituents is 1. The Morgan fingerprint density at radius 2 is 2.25 bits per heavy atom. The van der Waals surface area contributed by atoms with Crippen LogP contribution in [0.15, 0.2) is 24.3 Å². The fraction of sp³-hybridized carbons (Fsp3) is 0.364. The number of carbonyl (C=O) groups excluding carboxylic acids is 1. The van der Waals surface area contributed by atoms with Gasteiger partial charge in [0.15, 0.2) is 0 Å². The number of rotatable bonds is 3. The molecule has 1 aromatic rings. The molecule has 1 aromatic carbocycles. The first-order valence-corrected chi connectivity index (χ1v) is 5.18. The van der Waals surface area contributed by atoms with Crippen molar-refractivity contribution in [1.82, 2.24) is 4.90 Å². The van der Waals surface area contributed by atoms with Crippen LogP contribution < -0.4 is 0 Å². The van der Waals surface area contributed by atoms with Crippen LogP contribution in [0.1, 0.15) is 18.4 Å². The highest BCUT2D eigenvalue weighted by atomic mass is 16.6. The smallest absolute Gasteiger partial charge is 0.269 e. The van der Waals surface area contributed by atoms with Gasteiger partial charge in [-0.1, -0.05) is 12.1 Å². The highest BCUT2D eigenvalue weighted by Gasteiger charge is 2.20. The van der Waals surface area contributed by atoms with E-state index in [0.29, 0.717) is 13.0 Å². The zero-order valence-corrected chi connectivity index (χ0v) is 8.76. The lowest BCUT2D eigenvalue weighted by molar-refractivity contribution is -0.384. The van der Waals surface area contributed by atoms with E-state index >= 15 is 0 Å². The number of carbonyl (C=O) groups is 1. The fourth-order valence-electron chi connectivity index (χ4n) is 1.86. The van der Waals surface area contributed by atoms with Gasteiger partial charge in [-0.15, -0.1) is 0 Å². The molecule has 84 valence electrons. The average molecular weight is 220 g/mol. The Labute approximate surface area is 92.8 Å². The number of likely N-dealkylation sites (tertiary alicyclic amines) is 1. The molecule has 1 amide bonds. The number of nitrogens with zero attached hydrogens (tertiary/aromatic N) is 2. The van der Waals surface area contributed by atoms with E-state index in [4.69, 9.17) is 0 Å². The molecule has 0 unspecified atom stereocenters. The molecular weight excluding hydrogens is 208 g/mol. The molecule has 0 N–H and O–H groups in total. The third-order valence-electron chi connectivity index (χ3n) is 2.67. The maximum Gasteiger partial charge on any atom is 0.269 e. The highest BCUT2D eigenvalue weighted by Crippen LogP contribution is 2.17. The Morgan fingerprint density at radius 3 is 2.88 bits per heavy atom. The van der Waals surface area contributed by atoms with Crippen molar-refractivity contribution >= 4 is 11.6 Å². The first-order valence-electron chi connectivity index (χ1n) is 5.18. The van der Waals surface area contributed by atoms with Gasteiger partial charge in [0, 0.05) is 31.6 Å². The minimum Gasteiger partial charge on any atom is -0.338 e. The minimum atomic E-state index is -0.421. The van der Waals surface area contributed by atoms with Gasteiger partial charge in [0.05, 0.1) is 4.92 Å². The summed E-state index contributed by atoms with van der Waals surface area (Å²) in [5.74, 6) is 0.131. The van der Waals surface area contributed by atoms with Crippen molar-refractivity contribution in [2.24, 2.45) is 0 Å². The minimum absolute atomic E-state index is 0.0733. The van der Waals surface area contributed by atoms with E-state index in [1.807, 2.05) is 0 Å². The normalized spacial score (nSPS) is 15.5. The van der Waals surface area contributed by atoms with Gasteiger partial charge in [0.2, 0.25) is 5.91 Å². The Hall–Kier alpha value is -1.91. The average Bonchev–Trinajstić information content (AvgIpc) is 2.65. The first-order chi connectivity index (χ1) is 7.66. The number of hydrogen-bond acceptors (Lipinski definition) is 3. The van der Waals surface area contributed by atoms with Crippen LogP contribution in [0.5, 0.6) is 0 Å². The summed E-state index contributed by atoms with van der Waals surface area (Å²) in [6.45, 7) is 1.22. The monoisotopic (exact) mass is 220 g/mol. The fourth-order valence-corrected chi connectivity index (χ4v) is 1.86. The van der Waals surface area contributed by atoms with E-state index < -0.39 is 4.92 Å². The number of nitro groups is 1. The third kappa shape index (κ3) is 2.18. The van der Waals surface area contributed by atoms with Gasteiger partial charge in [0.25, 0.3) is 5.69 Å². The summed E-state index contributed by atoms with van der Waals surface area (Å²) in [4.78, 5) is 23.3. The molecule has 0 radical (unpaired) electrons. The van der Waals surface area contributed by atoms with Crippen LogP contribution in [0.2, 0.25) is 0 Å². The molecule has 0 saturated carbocycles. The molecule has 1 aliphatic heterocycles. The van der Waals surface area contributed by atoms with Crippen LogP contribution in [0, 0.1) is 10.1 Å². The van der Waals surface area contributed by atoms with Crippen LogP contribution in [0.25, 0.3) is 0 Å². The van der Waals surface area contributed by atoms with Gasteiger partial charge in [-0.25, -0.2) is 0 Å². The molecule has 1 fully saturated rings. The molecule has 1 aliphatic rings. The Balaban J connectivity index is 2.12. The molecule has 0 bridgehead atoms. The van der Waals surface area contributed by atoms with Crippen LogP contribution in [-0.4, -0.2) is 22.3 Å². The SMILES string of the molecule is O=C1CCCN1Cc1cccc([N+](=O)[O-])c1. The van der Waals surface area contributed by atoms with E-state index in [0.717, 1.165) is 18.5 Å². The number of benzene rings is 1. The lowest BCUT2D eigenvalue weighted by Crippen LogP contribution is -2.23. The molecule has 0 aliphatic carbocycles. The second kappa shape index (κ2) is 4.30. The largest absolute Gasteiger partial charge is 0.338 e. The number of non-ortho nitro benzene ring substituents is 1. The molecule has 5 heteroatoms. The van der Waals surface area contributed by atoms with Gasteiger partial charge in [0.1, 0.15) is 0 Å². The van der Waals surface area contributed by atoms with Crippen LogP contribution in [0.4, 0.5) is 5.69 Å². The van der Waals surface area contributed by atoms with Gasteiger partial charge in [-0.2, -0.15) is 0 Å². The van der Waals surface area contributed by atoms with Crippen molar-refractivity contribution in [2.45, 2.75) is 19.4 Å². The maximum absolute atomic E-state index is 11.4. The second-order valence-electron chi connectivity index (χ2n) is 3.85. The lowest BCUT2D eigenvalue weighted by Gasteiger charge is -2.14. The van der Waals surface area contributed by atoms with Crippen molar-refractivity contribution in [3.8, 4) is 0 Å². The second-order valence-corrected chi connectivity index (χ2v) is 3.85. The third-order valence-corrected chi connectivity index (χ3v) is 2.67. The number of hydrogen-bond donors (Lipinski definition) is 0. The summed E-state index contributed by atoms with van der Waals surface area (Å²) >= 11 is 0. The van der Waals surface area contributed by atoms with Gasteiger partial charge < -0.3 is 4.90 Å². The summed E-state index contributed by atoms with van der Waals surface area (Å²) in [6, 6.07) is 6.42. The van der Waals surface area contributed by atoms with Crippen LogP contribution in [-0.2, 0) is 11.3 Å². The summed E-state index contributed by atoms with van der Waals surface area (Å²) < 4.78 is 0. The molecule has 0 spiro atoms. The Morgan fingerprint density at radius 1 is 1.44 bits per heavy atom. The highest BCUT2D eigenvalue weighted by molar-refractivity contribution is 5.78. The van der Waals surface area contributed by atoms with E-state index in [1.54, 1.807) is 17.0 Å². The predicted octanol–water partition coefficient (Wildman–Crippen LogP) is 1.72. The number of amides is 1. The zero-order chi connectivity index (χ0) is 11.5. The Kier molecular flexibility index (Phi) is 2.85. The first kappa shape index (κ1) is 10.6. The van der Waals surface area contributed by atoms with E-state index in [-0.39, 0.29) is 11.6 Å². The van der Waals surface area contributed by atoms with Gasteiger partial charge in [-0.05, 0) is 12.0 Å². The maximum atomic E-state index is 11.4. The Bertz CT molecular complexity index is 431. The summed E-state index contributed by atoms with van der Waals surface area (Å²) in [6.07, 6.45) is 1.47. The van der Waals surface area contributed by atoms with E-state index in [2.05, 4.69) is 0 Å². The molecule has 16 heavy (non-hydrogen) atoms. The van der Waals surface area contributed by atoms with Crippen molar-refractivity contribution in [3.63, 3.8) is 0 Å². The van der Waals surface area contributed by atoms with Crippen molar-refractivity contribution in [2.75, 3.05) is 6.54 Å². The van der Waals surface area contributed by atoms with E-state index in [9.17, 15) is 14.9 Å². The predicted molar refractivity (Wildman–Crippen MR) is 57.7 cm³/mol. The molecule has 0 atom stereocenters. The van der Waals surface area contributed by atoms with E-state index in [1.165, 1.54) is 12.1 Å². The molecule has 0 aromatic heterocycles. The van der Waals surface area contributed by atoms with Gasteiger partial charge >= 0.3 is 0 Å². The topological polar surface area (TPSA) is 63.5 Å². The van der Waals surface area contributed by atoms with Crippen molar-refractivity contribution in [3.05, 3.63) is 39.9 Å². The van der Waals surface area contributed by atoms with Gasteiger partial charge in [-0.3, -0.25) is 14.9 Å². The lowest BCUT2D eigenvalue weighted by atomic mass is 10.2. The molecule has 1 saturated heterocycles. The molecule has 1 heterocycles. The molecule has 2 rings (SSSR count). The summed E-state index contributed by atoms with van der Waals surface area (Å²) in [5.41, 5.74) is 0.883. The summed E-state index contributed by atoms with van der Waals surface area (Å²) in [7, 11) is 0. The van der Waals surface area contributed by atoms with Crippen LogP contribution in [0.3, 0.4) is 0 Å². The molecule has 5 nitrogen and oxygen atoms in total. The standard InChI is InChI=1S/C11H12N2O3/c14-11-5-2-6-12(11)8-9-3-1-4-10(7-9)13(15)16/h1,3-4,7H,2,5-6,8H2. The van der Waals surface area contributed by atoms with Crippen LogP contribution >= 0.6 is 0 Å². The van der Waals surface area contributed by atoms with Crippen molar-refractivity contribution in [1.29, 1.82) is 0 Å².